The van der Waals surface area contributed by atoms with Gasteiger partial charge in [-0.2, -0.15) is 0 Å². The van der Waals surface area contributed by atoms with Crippen LogP contribution < -0.4 is 9.47 Å². The van der Waals surface area contributed by atoms with Gasteiger partial charge in [0.2, 0.25) is 0 Å². The first-order valence-corrected chi connectivity index (χ1v) is 9.35. The van der Waals surface area contributed by atoms with Crippen molar-refractivity contribution >= 4 is 0 Å². The van der Waals surface area contributed by atoms with E-state index in [1.807, 2.05) is 24.3 Å². The fraction of sp³-hybridized carbons (Fsp3) is 0.250. The van der Waals surface area contributed by atoms with E-state index in [9.17, 15) is 0 Å². The van der Waals surface area contributed by atoms with Gasteiger partial charge in [-0.15, -0.1) is 0 Å². The molecular weight excluding hydrogens is 336 g/mol. The lowest BCUT2D eigenvalue weighted by molar-refractivity contribution is 0.146. The molecule has 3 aromatic rings. The third-order valence-corrected chi connectivity index (χ3v) is 4.29. The van der Waals surface area contributed by atoms with Crippen LogP contribution in [0.4, 0.5) is 0 Å². The molecule has 0 amide bonds. The quantitative estimate of drug-likeness (QED) is 0.448. The maximum atomic E-state index is 5.65. The Kier molecular flexibility index (Phi) is 6.89. The Hall–Kier alpha value is -2.78. The standard InChI is InChI=1S/C24H26O3/c1-3-16-26-23-12-8-21(9-13-23)19-4-6-20(7-5-19)22-10-14-24(15-11-22)27-18-17-25-2/h4-15H,3,16-18H2,1-2H3. The van der Waals surface area contributed by atoms with Crippen LogP contribution in [0.3, 0.4) is 0 Å². The molecule has 3 aromatic carbocycles. The lowest BCUT2D eigenvalue weighted by atomic mass is 10.0. The Morgan fingerprint density at radius 2 is 0.889 bits per heavy atom. The van der Waals surface area contributed by atoms with Crippen molar-refractivity contribution in [1.29, 1.82) is 0 Å². The normalized spacial score (nSPS) is 10.6. The number of hydrogen-bond donors (Lipinski definition) is 0. The number of methoxy groups -OCH3 is 1. The minimum Gasteiger partial charge on any atom is -0.494 e. The summed E-state index contributed by atoms with van der Waals surface area (Å²) in [6, 6.07) is 25.0. The molecular formula is C24H26O3. The van der Waals surface area contributed by atoms with Crippen LogP contribution >= 0.6 is 0 Å². The highest BCUT2D eigenvalue weighted by Crippen LogP contribution is 2.27. The number of hydrogen-bond acceptors (Lipinski definition) is 3. The van der Waals surface area contributed by atoms with E-state index < -0.39 is 0 Å². The van der Waals surface area contributed by atoms with Crippen molar-refractivity contribution in [3.8, 4) is 33.8 Å². The van der Waals surface area contributed by atoms with Crippen LogP contribution in [0.25, 0.3) is 22.3 Å². The lowest BCUT2D eigenvalue weighted by Gasteiger charge is -2.09. The summed E-state index contributed by atoms with van der Waals surface area (Å²) in [5.74, 6) is 1.78. The van der Waals surface area contributed by atoms with E-state index in [1.54, 1.807) is 7.11 Å². The van der Waals surface area contributed by atoms with E-state index in [4.69, 9.17) is 14.2 Å². The smallest absolute Gasteiger partial charge is 0.119 e. The highest BCUT2D eigenvalue weighted by Gasteiger charge is 2.02. The second-order valence-corrected chi connectivity index (χ2v) is 6.32. The lowest BCUT2D eigenvalue weighted by Crippen LogP contribution is -2.03. The largest absolute Gasteiger partial charge is 0.494 e. The fourth-order valence-corrected chi connectivity index (χ4v) is 2.81. The van der Waals surface area contributed by atoms with E-state index in [2.05, 4.69) is 55.5 Å². The molecule has 0 spiro atoms. The molecule has 0 aliphatic heterocycles. The van der Waals surface area contributed by atoms with Gasteiger partial charge < -0.3 is 14.2 Å². The summed E-state index contributed by atoms with van der Waals surface area (Å²) in [6.45, 7) is 4.02. The molecule has 0 aliphatic rings. The second-order valence-electron chi connectivity index (χ2n) is 6.32. The molecule has 0 saturated carbocycles. The fourth-order valence-electron chi connectivity index (χ4n) is 2.81. The maximum absolute atomic E-state index is 5.65. The Labute approximate surface area is 161 Å². The minimum atomic E-state index is 0.562. The van der Waals surface area contributed by atoms with Gasteiger partial charge in [0.15, 0.2) is 0 Å². The van der Waals surface area contributed by atoms with Gasteiger partial charge in [0.25, 0.3) is 0 Å². The minimum absolute atomic E-state index is 0.562. The monoisotopic (exact) mass is 362 g/mol. The highest BCUT2D eigenvalue weighted by atomic mass is 16.5. The van der Waals surface area contributed by atoms with Gasteiger partial charge >= 0.3 is 0 Å². The zero-order chi connectivity index (χ0) is 18.9. The first kappa shape index (κ1) is 19.0. The zero-order valence-corrected chi connectivity index (χ0v) is 16.0. The van der Waals surface area contributed by atoms with E-state index in [-0.39, 0.29) is 0 Å². The predicted octanol–water partition coefficient (Wildman–Crippen LogP) is 5.83. The summed E-state index contributed by atoms with van der Waals surface area (Å²) in [6.07, 6.45) is 1.02. The predicted molar refractivity (Wildman–Crippen MR) is 110 cm³/mol. The zero-order valence-electron chi connectivity index (χ0n) is 16.0. The second kappa shape index (κ2) is 9.79. The van der Waals surface area contributed by atoms with Gasteiger partial charge in [-0.05, 0) is 52.9 Å². The van der Waals surface area contributed by atoms with Gasteiger partial charge in [-0.3, -0.25) is 0 Å². The molecule has 0 fully saturated rings. The third-order valence-electron chi connectivity index (χ3n) is 4.29. The van der Waals surface area contributed by atoms with Crippen LogP contribution in [0, 0.1) is 0 Å². The molecule has 0 N–H and O–H groups in total. The number of rotatable bonds is 9. The Balaban J connectivity index is 1.66. The van der Waals surface area contributed by atoms with Crippen molar-refractivity contribution in [3.63, 3.8) is 0 Å². The Morgan fingerprint density at radius 1 is 0.519 bits per heavy atom. The first-order valence-electron chi connectivity index (χ1n) is 9.35. The van der Waals surface area contributed by atoms with Crippen LogP contribution in [0.15, 0.2) is 72.8 Å². The maximum Gasteiger partial charge on any atom is 0.119 e. The van der Waals surface area contributed by atoms with Crippen LogP contribution in [0.1, 0.15) is 13.3 Å². The highest BCUT2D eigenvalue weighted by molar-refractivity contribution is 5.71. The molecule has 0 unspecified atom stereocenters. The van der Waals surface area contributed by atoms with E-state index in [0.29, 0.717) is 13.2 Å². The number of ether oxygens (including phenoxy) is 3. The molecule has 3 heteroatoms. The summed E-state index contributed by atoms with van der Waals surface area (Å²) in [5, 5.41) is 0. The van der Waals surface area contributed by atoms with Gasteiger partial charge in [-0.25, -0.2) is 0 Å². The summed E-state index contributed by atoms with van der Waals surface area (Å²) >= 11 is 0. The van der Waals surface area contributed by atoms with E-state index in [0.717, 1.165) is 24.5 Å². The van der Waals surface area contributed by atoms with Crippen molar-refractivity contribution in [1.82, 2.24) is 0 Å². The SMILES string of the molecule is CCCOc1ccc(-c2ccc(-c3ccc(OCCOC)cc3)cc2)cc1. The Morgan fingerprint density at radius 3 is 1.26 bits per heavy atom. The topological polar surface area (TPSA) is 27.7 Å². The van der Waals surface area contributed by atoms with Crippen molar-refractivity contribution in [2.75, 3.05) is 26.9 Å². The molecule has 0 bridgehead atoms. The van der Waals surface area contributed by atoms with E-state index >= 15 is 0 Å². The van der Waals surface area contributed by atoms with Crippen molar-refractivity contribution in [3.05, 3.63) is 72.8 Å². The summed E-state index contributed by atoms with van der Waals surface area (Å²) in [4.78, 5) is 0. The van der Waals surface area contributed by atoms with Crippen LogP contribution in [0.2, 0.25) is 0 Å². The molecule has 0 saturated heterocycles. The average molecular weight is 362 g/mol. The molecule has 0 heterocycles. The van der Waals surface area contributed by atoms with Gasteiger partial charge in [0, 0.05) is 7.11 Å². The molecule has 140 valence electrons. The first-order chi connectivity index (χ1) is 13.3. The molecule has 3 rings (SSSR count). The van der Waals surface area contributed by atoms with Crippen LogP contribution in [0.5, 0.6) is 11.5 Å². The van der Waals surface area contributed by atoms with Gasteiger partial charge in [0.05, 0.1) is 13.2 Å². The summed E-state index contributed by atoms with van der Waals surface area (Å²) in [7, 11) is 1.67. The Bertz CT molecular complexity index is 806. The van der Waals surface area contributed by atoms with Crippen molar-refractivity contribution < 1.29 is 14.2 Å². The third kappa shape index (κ3) is 5.35. The summed E-state index contributed by atoms with van der Waals surface area (Å²) < 4.78 is 16.3. The molecule has 0 aromatic heterocycles. The molecule has 27 heavy (non-hydrogen) atoms. The van der Waals surface area contributed by atoms with Crippen molar-refractivity contribution in [2.45, 2.75) is 13.3 Å². The van der Waals surface area contributed by atoms with Crippen LogP contribution in [-0.2, 0) is 4.74 Å². The molecule has 0 atom stereocenters. The van der Waals surface area contributed by atoms with Crippen LogP contribution in [-0.4, -0.2) is 26.9 Å². The van der Waals surface area contributed by atoms with Gasteiger partial charge in [-0.1, -0.05) is 55.5 Å². The van der Waals surface area contributed by atoms with Crippen molar-refractivity contribution in [2.24, 2.45) is 0 Å². The molecule has 0 radical (unpaired) electrons. The number of benzene rings is 3. The summed E-state index contributed by atoms with van der Waals surface area (Å²) in [5.41, 5.74) is 4.74. The molecule has 0 aliphatic carbocycles. The van der Waals surface area contributed by atoms with E-state index in [1.165, 1.54) is 22.3 Å². The molecule has 3 nitrogen and oxygen atoms in total. The van der Waals surface area contributed by atoms with Gasteiger partial charge in [0.1, 0.15) is 18.1 Å². The average Bonchev–Trinajstić information content (AvgIpc) is 2.73.